The third-order valence-electron chi connectivity index (χ3n) is 1.87. The highest BCUT2D eigenvalue weighted by Gasteiger charge is 2.10. The van der Waals surface area contributed by atoms with Crippen LogP contribution in [0.25, 0.3) is 0 Å². The second kappa shape index (κ2) is 4.02. The van der Waals surface area contributed by atoms with E-state index >= 15 is 0 Å². The minimum atomic E-state index is -3.13. The predicted molar refractivity (Wildman–Crippen MR) is 56.7 cm³/mol. The number of hydrogen-bond acceptors (Lipinski definition) is 4. The van der Waals surface area contributed by atoms with E-state index in [4.69, 9.17) is 0 Å². The summed E-state index contributed by atoms with van der Waals surface area (Å²) in [4.78, 5) is 11.1. The van der Waals surface area contributed by atoms with Gasteiger partial charge in [0.1, 0.15) is 5.75 Å². The van der Waals surface area contributed by atoms with Gasteiger partial charge >= 0.3 is 0 Å². The van der Waals surface area contributed by atoms with E-state index in [-0.39, 0.29) is 22.8 Å². The molecule has 1 aromatic carbocycles. The van der Waals surface area contributed by atoms with Crippen LogP contribution in [0.3, 0.4) is 0 Å². The van der Waals surface area contributed by atoms with E-state index in [0.29, 0.717) is 5.56 Å². The zero-order chi connectivity index (χ0) is 11.6. The van der Waals surface area contributed by atoms with Gasteiger partial charge in [0.05, 0.1) is 11.3 Å². The average molecular weight is 228 g/mol. The minimum absolute atomic E-state index is 0.125. The molecule has 0 fully saturated rings. The zero-order valence-electron chi connectivity index (χ0n) is 8.52. The average Bonchev–Trinajstić information content (AvgIpc) is 2.05. The van der Waals surface area contributed by atoms with Crippen LogP contribution in [0.1, 0.15) is 22.8 Å². The normalized spacial score (nSPS) is 11.3. The Hall–Kier alpha value is -1.36. The Bertz CT molecular complexity index is 488. The number of phenolic OH excluding ortho intramolecular Hbond substituents is 1. The summed E-state index contributed by atoms with van der Waals surface area (Å²) in [5.41, 5.74) is 0.650. The van der Waals surface area contributed by atoms with Crippen LogP contribution in [0.2, 0.25) is 0 Å². The van der Waals surface area contributed by atoms with Gasteiger partial charge in [0.15, 0.2) is 15.6 Å². The second-order valence-corrected chi connectivity index (χ2v) is 5.62. The number of carbonyl (C=O) groups excluding carboxylic acids is 1. The van der Waals surface area contributed by atoms with Crippen LogP contribution in [0.15, 0.2) is 18.2 Å². The Morgan fingerprint density at radius 3 is 2.47 bits per heavy atom. The minimum Gasteiger partial charge on any atom is -0.507 e. The molecule has 0 saturated carbocycles. The number of ketones is 1. The second-order valence-electron chi connectivity index (χ2n) is 3.48. The van der Waals surface area contributed by atoms with Crippen LogP contribution in [0, 0.1) is 0 Å². The number of rotatable bonds is 3. The van der Waals surface area contributed by atoms with Gasteiger partial charge in [0.2, 0.25) is 0 Å². The number of sulfone groups is 1. The molecule has 0 atom stereocenters. The van der Waals surface area contributed by atoms with Crippen molar-refractivity contribution in [1.82, 2.24) is 0 Å². The summed E-state index contributed by atoms with van der Waals surface area (Å²) in [6.07, 6.45) is 1.12. The van der Waals surface area contributed by atoms with Gasteiger partial charge in [-0.2, -0.15) is 0 Å². The molecule has 0 bridgehead atoms. The third kappa shape index (κ3) is 3.36. The third-order valence-corrected chi connectivity index (χ3v) is 2.73. The Balaban J connectivity index is 3.14. The van der Waals surface area contributed by atoms with E-state index in [2.05, 4.69) is 0 Å². The van der Waals surface area contributed by atoms with Crippen molar-refractivity contribution in [2.24, 2.45) is 0 Å². The molecule has 0 heterocycles. The van der Waals surface area contributed by atoms with Crippen molar-refractivity contribution in [2.75, 3.05) is 6.26 Å². The van der Waals surface area contributed by atoms with Gasteiger partial charge in [-0.15, -0.1) is 0 Å². The van der Waals surface area contributed by atoms with Gasteiger partial charge in [-0.05, 0) is 24.6 Å². The molecule has 0 aliphatic rings. The topological polar surface area (TPSA) is 71.4 Å². The fraction of sp³-hybridized carbons (Fsp3) is 0.300. The molecule has 0 radical (unpaired) electrons. The largest absolute Gasteiger partial charge is 0.507 e. The van der Waals surface area contributed by atoms with Crippen molar-refractivity contribution in [1.29, 1.82) is 0 Å². The van der Waals surface area contributed by atoms with Gasteiger partial charge in [0, 0.05) is 6.26 Å². The lowest BCUT2D eigenvalue weighted by atomic mass is 10.1. The first-order chi connectivity index (χ1) is 6.79. The summed E-state index contributed by atoms with van der Waals surface area (Å²) in [6.45, 7) is 1.32. The molecule has 5 heteroatoms. The number of benzene rings is 1. The maximum atomic E-state index is 11.1. The van der Waals surface area contributed by atoms with E-state index in [1.807, 2.05) is 0 Å². The molecule has 4 nitrogen and oxygen atoms in total. The number of Topliss-reactive ketones (excluding diaryl/α,β-unsaturated/α-hetero) is 1. The van der Waals surface area contributed by atoms with Crippen molar-refractivity contribution in [3.63, 3.8) is 0 Å². The van der Waals surface area contributed by atoms with Gasteiger partial charge in [-0.1, -0.05) is 6.07 Å². The first kappa shape index (κ1) is 11.7. The standard InChI is InChI=1S/C10H12O4S/c1-7(11)9-5-8(3-4-10(9)12)6-15(2,13)14/h3-5,12H,6H2,1-2H3. The lowest BCUT2D eigenvalue weighted by molar-refractivity contribution is 0.101. The number of aromatic hydroxyl groups is 1. The maximum absolute atomic E-state index is 11.1. The molecule has 1 N–H and O–H groups in total. The molecule has 0 unspecified atom stereocenters. The van der Waals surface area contributed by atoms with Crippen LogP contribution in [-0.2, 0) is 15.6 Å². The molecule has 0 spiro atoms. The summed E-state index contributed by atoms with van der Waals surface area (Å²) in [5, 5.41) is 9.33. The summed E-state index contributed by atoms with van der Waals surface area (Å²) in [7, 11) is -3.13. The molecule has 82 valence electrons. The first-order valence-corrected chi connectivity index (χ1v) is 6.36. The van der Waals surface area contributed by atoms with Gasteiger partial charge < -0.3 is 5.11 Å². The Labute approximate surface area is 88.5 Å². The smallest absolute Gasteiger partial charge is 0.163 e. The molecular weight excluding hydrogens is 216 g/mol. The zero-order valence-corrected chi connectivity index (χ0v) is 9.34. The molecule has 15 heavy (non-hydrogen) atoms. The fourth-order valence-electron chi connectivity index (χ4n) is 1.26. The van der Waals surface area contributed by atoms with Crippen molar-refractivity contribution in [3.8, 4) is 5.75 Å². The van der Waals surface area contributed by atoms with E-state index in [0.717, 1.165) is 6.26 Å². The van der Waals surface area contributed by atoms with Crippen LogP contribution in [0.4, 0.5) is 0 Å². The van der Waals surface area contributed by atoms with Crippen molar-refractivity contribution < 1.29 is 18.3 Å². The Kier molecular flexibility index (Phi) is 3.14. The molecule has 0 amide bonds. The molecule has 0 aliphatic carbocycles. The molecule has 0 saturated heterocycles. The van der Waals surface area contributed by atoms with Gasteiger partial charge in [0.25, 0.3) is 0 Å². The lowest BCUT2D eigenvalue weighted by Gasteiger charge is -2.04. The number of hydrogen-bond donors (Lipinski definition) is 1. The van der Waals surface area contributed by atoms with Gasteiger partial charge in [-0.3, -0.25) is 4.79 Å². The predicted octanol–water partition coefficient (Wildman–Crippen LogP) is 1.14. The highest BCUT2D eigenvalue weighted by molar-refractivity contribution is 7.89. The van der Waals surface area contributed by atoms with E-state index in [1.54, 1.807) is 0 Å². The molecular formula is C10H12O4S. The Morgan fingerprint density at radius 1 is 1.40 bits per heavy atom. The fourth-order valence-corrected chi connectivity index (χ4v) is 2.04. The molecule has 0 aromatic heterocycles. The van der Waals surface area contributed by atoms with E-state index in [9.17, 15) is 18.3 Å². The molecule has 1 rings (SSSR count). The van der Waals surface area contributed by atoms with Crippen molar-refractivity contribution in [2.45, 2.75) is 12.7 Å². The number of carbonyl (C=O) groups is 1. The van der Waals surface area contributed by atoms with E-state index < -0.39 is 9.84 Å². The monoisotopic (exact) mass is 228 g/mol. The highest BCUT2D eigenvalue weighted by Crippen LogP contribution is 2.20. The lowest BCUT2D eigenvalue weighted by Crippen LogP contribution is -2.02. The molecule has 0 aliphatic heterocycles. The molecule has 1 aromatic rings. The van der Waals surface area contributed by atoms with Crippen molar-refractivity contribution >= 4 is 15.6 Å². The summed E-state index contributed by atoms with van der Waals surface area (Å²) < 4.78 is 22.0. The summed E-state index contributed by atoms with van der Waals surface area (Å²) >= 11 is 0. The maximum Gasteiger partial charge on any atom is 0.163 e. The first-order valence-electron chi connectivity index (χ1n) is 4.30. The highest BCUT2D eigenvalue weighted by atomic mass is 32.2. The van der Waals surface area contributed by atoms with Crippen molar-refractivity contribution in [3.05, 3.63) is 29.3 Å². The van der Waals surface area contributed by atoms with Crippen LogP contribution in [-0.4, -0.2) is 25.6 Å². The Morgan fingerprint density at radius 2 is 2.00 bits per heavy atom. The van der Waals surface area contributed by atoms with E-state index in [1.165, 1.54) is 25.1 Å². The van der Waals surface area contributed by atoms with Crippen LogP contribution in [0.5, 0.6) is 5.75 Å². The quantitative estimate of drug-likeness (QED) is 0.787. The summed E-state index contributed by atoms with van der Waals surface area (Å²) in [5.74, 6) is -0.546. The SMILES string of the molecule is CC(=O)c1cc(CS(C)(=O)=O)ccc1O. The number of phenols is 1. The summed E-state index contributed by atoms with van der Waals surface area (Å²) in [6, 6.07) is 4.22. The van der Waals surface area contributed by atoms with Crippen LogP contribution >= 0.6 is 0 Å². The van der Waals surface area contributed by atoms with Crippen LogP contribution < -0.4 is 0 Å². The van der Waals surface area contributed by atoms with Gasteiger partial charge in [-0.25, -0.2) is 8.42 Å².